The Bertz CT molecular complexity index is 664. The van der Waals surface area contributed by atoms with Crippen LogP contribution in [-0.4, -0.2) is 27.0 Å². The Balaban J connectivity index is 2.42. The predicted molar refractivity (Wildman–Crippen MR) is 80.9 cm³/mol. The molecule has 0 aliphatic rings. The van der Waals surface area contributed by atoms with E-state index in [1.165, 1.54) is 11.8 Å². The van der Waals surface area contributed by atoms with E-state index in [1.54, 1.807) is 24.7 Å². The van der Waals surface area contributed by atoms with E-state index < -0.39 is 6.10 Å². The lowest BCUT2D eigenvalue weighted by atomic mass is 10.1. The molecule has 0 bridgehead atoms. The van der Waals surface area contributed by atoms with Crippen molar-refractivity contribution in [1.29, 1.82) is 0 Å². The molecule has 0 radical (unpaired) electrons. The first-order valence-electron chi connectivity index (χ1n) is 6.76. The van der Waals surface area contributed by atoms with Gasteiger partial charge in [0.15, 0.2) is 5.16 Å². The van der Waals surface area contributed by atoms with E-state index in [4.69, 9.17) is 4.74 Å². The zero-order valence-electron chi connectivity index (χ0n) is 12.3. The molecule has 0 aliphatic heterocycles. The van der Waals surface area contributed by atoms with Crippen molar-refractivity contribution in [1.82, 2.24) is 14.8 Å². The van der Waals surface area contributed by atoms with Crippen LogP contribution in [0.25, 0.3) is 0 Å². The number of nitrogens with one attached hydrogen (secondary N) is 1. The second kappa shape index (κ2) is 6.82. The number of hydrogen-bond donors (Lipinski definition) is 2. The molecule has 0 fully saturated rings. The molecule has 1 aromatic carbocycles. The molecule has 0 saturated carbocycles. The minimum atomic E-state index is -0.672. The number of aromatic nitrogens is 3. The highest BCUT2D eigenvalue weighted by Gasteiger charge is 2.17. The number of hydrogen-bond acceptors (Lipinski definition) is 5. The van der Waals surface area contributed by atoms with Crippen LogP contribution in [-0.2, 0) is 6.54 Å². The van der Waals surface area contributed by atoms with Crippen LogP contribution in [0.4, 0.5) is 0 Å². The lowest BCUT2D eigenvalue weighted by molar-refractivity contribution is 0.191. The fourth-order valence-corrected chi connectivity index (χ4v) is 3.20. The lowest BCUT2D eigenvalue weighted by Crippen LogP contribution is -2.17. The zero-order valence-corrected chi connectivity index (χ0v) is 13.1. The third kappa shape index (κ3) is 3.30. The van der Waals surface area contributed by atoms with E-state index >= 15 is 0 Å². The summed E-state index contributed by atoms with van der Waals surface area (Å²) in [5, 5.41) is 17.1. The number of H-pyrrole nitrogens is 1. The van der Waals surface area contributed by atoms with Gasteiger partial charge in [0, 0.05) is 17.0 Å². The van der Waals surface area contributed by atoms with Gasteiger partial charge in [-0.15, -0.1) is 5.10 Å². The topological polar surface area (TPSA) is 80.1 Å². The van der Waals surface area contributed by atoms with Gasteiger partial charge in [0.2, 0.25) is 0 Å². The van der Waals surface area contributed by atoms with Crippen LogP contribution < -0.4 is 10.4 Å². The van der Waals surface area contributed by atoms with Crippen LogP contribution in [0.5, 0.6) is 5.75 Å². The maximum atomic E-state index is 11.7. The smallest absolute Gasteiger partial charge is 0.343 e. The Hall–Kier alpha value is -1.73. The number of benzene rings is 1. The maximum Gasteiger partial charge on any atom is 0.343 e. The van der Waals surface area contributed by atoms with Gasteiger partial charge in [-0.2, -0.15) is 0 Å². The van der Waals surface area contributed by atoms with Crippen LogP contribution in [0.3, 0.4) is 0 Å². The number of ether oxygens (including phenoxy) is 1. The second-order valence-corrected chi connectivity index (χ2v) is 5.62. The summed E-state index contributed by atoms with van der Waals surface area (Å²) in [6.07, 6.45) is 0.169. The van der Waals surface area contributed by atoms with Crippen molar-refractivity contribution in [2.75, 3.05) is 7.11 Å². The minimum absolute atomic E-state index is 0.221. The predicted octanol–water partition coefficient (Wildman–Crippen LogP) is 2.19. The minimum Gasteiger partial charge on any atom is -0.496 e. The Morgan fingerprint density at radius 2 is 2.29 bits per heavy atom. The summed E-state index contributed by atoms with van der Waals surface area (Å²) >= 11 is 1.34. The van der Waals surface area contributed by atoms with Gasteiger partial charge >= 0.3 is 5.69 Å². The molecule has 2 rings (SSSR count). The van der Waals surface area contributed by atoms with Gasteiger partial charge < -0.3 is 9.84 Å². The first kappa shape index (κ1) is 15.7. The third-order valence-electron chi connectivity index (χ3n) is 3.04. The summed E-state index contributed by atoms with van der Waals surface area (Å²) in [6.45, 7) is 4.29. The zero-order chi connectivity index (χ0) is 15.4. The van der Waals surface area contributed by atoms with Crippen LogP contribution in [0, 0.1) is 0 Å². The molecule has 114 valence electrons. The normalized spacial score (nSPS) is 12.4. The van der Waals surface area contributed by atoms with Crippen molar-refractivity contribution in [2.45, 2.75) is 43.0 Å². The molecule has 2 aromatic rings. The fourth-order valence-electron chi connectivity index (χ4n) is 2.10. The molecular formula is C14H19N3O3S. The van der Waals surface area contributed by atoms with Crippen LogP contribution >= 0.6 is 11.8 Å². The Labute approximate surface area is 127 Å². The molecular weight excluding hydrogens is 290 g/mol. The third-order valence-corrected chi connectivity index (χ3v) is 4.11. The molecule has 21 heavy (non-hydrogen) atoms. The lowest BCUT2D eigenvalue weighted by Gasteiger charge is -2.15. The Morgan fingerprint density at radius 3 is 2.90 bits per heavy atom. The van der Waals surface area contributed by atoms with Crippen molar-refractivity contribution < 1.29 is 9.84 Å². The second-order valence-electron chi connectivity index (χ2n) is 4.61. The summed E-state index contributed by atoms with van der Waals surface area (Å²) < 4.78 is 6.89. The van der Waals surface area contributed by atoms with E-state index in [1.807, 2.05) is 19.1 Å². The molecule has 2 N–H and O–H groups in total. The van der Waals surface area contributed by atoms with Gasteiger partial charge in [0.1, 0.15) is 5.75 Å². The first-order chi connectivity index (χ1) is 10.1. The van der Waals surface area contributed by atoms with E-state index in [9.17, 15) is 9.90 Å². The van der Waals surface area contributed by atoms with E-state index in [-0.39, 0.29) is 5.69 Å². The van der Waals surface area contributed by atoms with Crippen LogP contribution in [0.1, 0.15) is 31.9 Å². The van der Waals surface area contributed by atoms with Crippen LogP contribution in [0.15, 0.2) is 33.0 Å². The van der Waals surface area contributed by atoms with Gasteiger partial charge in [-0.05, 0) is 37.2 Å². The van der Waals surface area contributed by atoms with Gasteiger partial charge in [-0.1, -0.05) is 13.0 Å². The number of aromatic amines is 1. The molecule has 6 nitrogen and oxygen atoms in total. The average Bonchev–Trinajstić information content (AvgIpc) is 2.80. The summed E-state index contributed by atoms with van der Waals surface area (Å²) in [4.78, 5) is 12.5. The number of rotatable bonds is 6. The first-order valence-corrected chi connectivity index (χ1v) is 7.58. The van der Waals surface area contributed by atoms with E-state index in [0.29, 0.717) is 23.0 Å². The molecule has 0 amide bonds. The molecule has 0 spiro atoms. The number of aliphatic hydroxyl groups excluding tert-OH is 1. The van der Waals surface area contributed by atoms with Crippen molar-refractivity contribution in [2.24, 2.45) is 0 Å². The van der Waals surface area contributed by atoms with Crippen molar-refractivity contribution in [3.05, 3.63) is 34.2 Å². The summed E-state index contributed by atoms with van der Waals surface area (Å²) in [7, 11) is 1.57. The standard InChI is InChI=1S/C14H19N3O3S/c1-4-8-17-13(19)15-16-14(17)21-11-7-5-6-10(20-3)12(11)9(2)18/h5-7,9,18H,4,8H2,1-3H3,(H,15,19)/t9-/m1/s1. The van der Waals surface area contributed by atoms with E-state index in [2.05, 4.69) is 10.2 Å². The van der Waals surface area contributed by atoms with Gasteiger partial charge in [-0.3, -0.25) is 4.57 Å². The highest BCUT2D eigenvalue weighted by atomic mass is 32.2. The summed E-state index contributed by atoms with van der Waals surface area (Å²) in [6, 6.07) is 5.53. The molecule has 7 heteroatoms. The molecule has 1 heterocycles. The van der Waals surface area contributed by atoms with E-state index in [0.717, 1.165) is 11.3 Å². The summed E-state index contributed by atoms with van der Waals surface area (Å²) in [5.74, 6) is 0.620. The van der Waals surface area contributed by atoms with Gasteiger partial charge in [-0.25, -0.2) is 9.89 Å². The number of methoxy groups -OCH3 is 1. The molecule has 1 aromatic heterocycles. The van der Waals surface area contributed by atoms with Crippen molar-refractivity contribution >= 4 is 11.8 Å². The average molecular weight is 309 g/mol. The number of aliphatic hydroxyl groups is 1. The molecule has 0 unspecified atom stereocenters. The quantitative estimate of drug-likeness (QED) is 0.855. The largest absolute Gasteiger partial charge is 0.496 e. The fraction of sp³-hybridized carbons (Fsp3) is 0.429. The van der Waals surface area contributed by atoms with Gasteiger partial charge in [0.25, 0.3) is 0 Å². The van der Waals surface area contributed by atoms with Gasteiger partial charge in [0.05, 0.1) is 13.2 Å². The highest BCUT2D eigenvalue weighted by molar-refractivity contribution is 7.99. The SMILES string of the molecule is CCCn1c(Sc2cccc(OC)c2[C@@H](C)O)n[nH]c1=O. The number of nitrogens with zero attached hydrogens (tertiary/aromatic N) is 2. The molecule has 1 atom stereocenters. The Morgan fingerprint density at radius 1 is 1.52 bits per heavy atom. The van der Waals surface area contributed by atoms with Crippen molar-refractivity contribution in [3.63, 3.8) is 0 Å². The maximum absolute atomic E-state index is 11.7. The van der Waals surface area contributed by atoms with Crippen molar-refractivity contribution in [3.8, 4) is 5.75 Å². The monoisotopic (exact) mass is 309 g/mol. The highest BCUT2D eigenvalue weighted by Crippen LogP contribution is 2.37. The molecule has 0 aliphatic carbocycles. The Kier molecular flexibility index (Phi) is 5.08. The summed E-state index contributed by atoms with van der Waals surface area (Å²) in [5.41, 5.74) is 0.476. The van der Waals surface area contributed by atoms with Crippen LogP contribution in [0.2, 0.25) is 0 Å². The molecule has 0 saturated heterocycles.